The average molecular weight is 280 g/mol. The van der Waals surface area contributed by atoms with Crippen molar-refractivity contribution in [2.24, 2.45) is 5.73 Å². The second-order valence-electron chi connectivity index (χ2n) is 4.78. The molecule has 0 aliphatic rings. The molecule has 0 amide bonds. The lowest BCUT2D eigenvalue weighted by atomic mass is 10.1. The maximum Gasteiger partial charge on any atom is 0.140 e. The third-order valence-corrected chi connectivity index (χ3v) is 3.45. The maximum absolute atomic E-state index is 13.9. The maximum atomic E-state index is 13.9. The van der Waals surface area contributed by atoms with Crippen molar-refractivity contribution < 1.29 is 4.39 Å². The summed E-state index contributed by atoms with van der Waals surface area (Å²) in [5.74, 6) is -0.332. The molecule has 0 spiro atoms. The summed E-state index contributed by atoms with van der Waals surface area (Å²) < 4.78 is 15.8. The first-order valence-corrected chi connectivity index (χ1v) is 6.54. The first-order chi connectivity index (χ1) is 10.2. The Morgan fingerprint density at radius 3 is 2.90 bits per heavy atom. The zero-order valence-corrected chi connectivity index (χ0v) is 11.3. The van der Waals surface area contributed by atoms with Gasteiger partial charge in [0, 0.05) is 29.9 Å². The molecule has 0 aliphatic carbocycles. The van der Waals surface area contributed by atoms with Crippen LogP contribution in [0, 0.1) is 17.1 Å². The van der Waals surface area contributed by atoms with Gasteiger partial charge in [-0.15, -0.1) is 0 Å². The molecule has 104 valence electrons. The van der Waals surface area contributed by atoms with Crippen molar-refractivity contribution in [2.75, 3.05) is 0 Å². The zero-order chi connectivity index (χ0) is 14.8. The summed E-state index contributed by atoms with van der Waals surface area (Å²) in [5, 5.41) is 9.89. The molecule has 0 unspecified atom stereocenters. The Kier molecular flexibility index (Phi) is 3.38. The zero-order valence-electron chi connectivity index (χ0n) is 11.3. The molecular formula is C16H13FN4. The fourth-order valence-corrected chi connectivity index (χ4v) is 2.43. The van der Waals surface area contributed by atoms with E-state index in [1.807, 2.05) is 29.0 Å². The average Bonchev–Trinajstić information content (AvgIpc) is 2.88. The van der Waals surface area contributed by atoms with Crippen molar-refractivity contribution in [3.05, 3.63) is 65.2 Å². The Morgan fingerprint density at radius 1 is 1.29 bits per heavy atom. The van der Waals surface area contributed by atoms with Crippen molar-refractivity contribution in [1.82, 2.24) is 9.55 Å². The van der Waals surface area contributed by atoms with E-state index >= 15 is 0 Å². The van der Waals surface area contributed by atoms with Crippen LogP contribution in [0.25, 0.3) is 11.0 Å². The van der Waals surface area contributed by atoms with Crippen molar-refractivity contribution >= 4 is 11.0 Å². The Balaban J connectivity index is 2.08. The minimum Gasteiger partial charge on any atom is -0.328 e. The summed E-state index contributed by atoms with van der Waals surface area (Å²) in [6.45, 7) is 0.713. The lowest BCUT2D eigenvalue weighted by Gasteiger charge is -2.06. The number of hydrogen-bond acceptors (Lipinski definition) is 3. The predicted molar refractivity (Wildman–Crippen MR) is 77.8 cm³/mol. The van der Waals surface area contributed by atoms with Crippen LogP contribution in [-0.2, 0) is 13.1 Å². The van der Waals surface area contributed by atoms with E-state index in [-0.39, 0.29) is 5.82 Å². The highest BCUT2D eigenvalue weighted by Gasteiger charge is 2.11. The smallest absolute Gasteiger partial charge is 0.140 e. The number of pyridine rings is 1. The number of hydrogen-bond donors (Lipinski definition) is 1. The molecule has 0 fully saturated rings. The molecule has 5 heteroatoms. The van der Waals surface area contributed by atoms with Gasteiger partial charge in [0.15, 0.2) is 0 Å². The molecule has 0 radical (unpaired) electrons. The van der Waals surface area contributed by atoms with Crippen LogP contribution in [-0.4, -0.2) is 9.55 Å². The standard InChI is InChI=1S/C16H13FN4/c17-15-4-3-11(7-18)6-12(15)9-21-10-13(8-19)14-2-1-5-20-16(14)21/h1-6,10H,8-9,19H2. The molecular weight excluding hydrogens is 267 g/mol. The van der Waals surface area contributed by atoms with Gasteiger partial charge in [0.05, 0.1) is 18.2 Å². The Labute approximate surface area is 121 Å². The van der Waals surface area contributed by atoms with Crippen molar-refractivity contribution in [1.29, 1.82) is 5.26 Å². The van der Waals surface area contributed by atoms with E-state index < -0.39 is 0 Å². The molecule has 4 nitrogen and oxygen atoms in total. The van der Waals surface area contributed by atoms with Crippen molar-refractivity contribution in [3.63, 3.8) is 0 Å². The summed E-state index contributed by atoms with van der Waals surface area (Å²) >= 11 is 0. The van der Waals surface area contributed by atoms with Crippen LogP contribution in [0.15, 0.2) is 42.7 Å². The van der Waals surface area contributed by atoms with E-state index in [4.69, 9.17) is 11.0 Å². The van der Waals surface area contributed by atoms with Crippen LogP contribution in [0.5, 0.6) is 0 Å². The predicted octanol–water partition coefficient (Wildman–Crippen LogP) is 2.55. The molecule has 2 heterocycles. The van der Waals surface area contributed by atoms with Gasteiger partial charge in [-0.1, -0.05) is 0 Å². The molecule has 0 bridgehead atoms. The monoisotopic (exact) mass is 280 g/mol. The summed E-state index contributed by atoms with van der Waals surface area (Å²) in [6.07, 6.45) is 3.58. The van der Waals surface area contributed by atoms with Crippen LogP contribution in [0.1, 0.15) is 16.7 Å². The van der Waals surface area contributed by atoms with Gasteiger partial charge in [-0.2, -0.15) is 5.26 Å². The molecule has 3 aromatic rings. The molecule has 21 heavy (non-hydrogen) atoms. The highest BCUT2D eigenvalue weighted by molar-refractivity contribution is 5.80. The number of aromatic nitrogens is 2. The van der Waals surface area contributed by atoms with Gasteiger partial charge >= 0.3 is 0 Å². The summed E-state index contributed by atoms with van der Waals surface area (Å²) in [6, 6.07) is 10.2. The molecule has 2 aromatic heterocycles. The van der Waals surface area contributed by atoms with Crippen molar-refractivity contribution in [3.8, 4) is 6.07 Å². The van der Waals surface area contributed by atoms with Gasteiger partial charge in [-0.3, -0.25) is 0 Å². The minimum absolute atomic E-state index is 0.314. The second kappa shape index (κ2) is 5.35. The summed E-state index contributed by atoms with van der Waals surface area (Å²) in [5.41, 5.74) is 8.37. The molecule has 0 atom stereocenters. The Morgan fingerprint density at radius 2 is 2.14 bits per heavy atom. The fraction of sp³-hybridized carbons (Fsp3) is 0.125. The number of nitriles is 1. The number of nitrogens with two attached hydrogens (primary N) is 1. The van der Waals surface area contributed by atoms with Gasteiger partial charge in [0.25, 0.3) is 0 Å². The van der Waals surface area contributed by atoms with Crippen molar-refractivity contribution in [2.45, 2.75) is 13.1 Å². The lowest BCUT2D eigenvalue weighted by Crippen LogP contribution is -2.02. The van der Waals surface area contributed by atoms with E-state index in [0.29, 0.717) is 24.2 Å². The Bertz CT molecular complexity index is 845. The summed E-state index contributed by atoms with van der Waals surface area (Å²) in [4.78, 5) is 4.34. The van der Waals surface area contributed by atoms with Gasteiger partial charge in [0.2, 0.25) is 0 Å². The number of nitrogens with zero attached hydrogens (tertiary/aromatic N) is 3. The quantitative estimate of drug-likeness (QED) is 0.801. The number of fused-ring (bicyclic) bond motifs is 1. The van der Waals surface area contributed by atoms with E-state index in [9.17, 15) is 4.39 Å². The van der Waals surface area contributed by atoms with E-state index in [0.717, 1.165) is 16.6 Å². The van der Waals surface area contributed by atoms with Gasteiger partial charge in [0.1, 0.15) is 11.5 Å². The highest BCUT2D eigenvalue weighted by Crippen LogP contribution is 2.21. The molecule has 3 rings (SSSR count). The van der Waals surface area contributed by atoms with E-state index in [1.165, 1.54) is 12.1 Å². The lowest BCUT2D eigenvalue weighted by molar-refractivity contribution is 0.601. The van der Waals surface area contributed by atoms with E-state index in [2.05, 4.69) is 4.98 Å². The fourth-order valence-electron chi connectivity index (χ4n) is 2.43. The molecule has 1 aromatic carbocycles. The SMILES string of the molecule is N#Cc1ccc(F)c(Cn2cc(CN)c3cccnc32)c1. The minimum atomic E-state index is -0.332. The molecule has 0 saturated carbocycles. The Hall–Kier alpha value is -2.71. The third kappa shape index (κ3) is 2.37. The van der Waals surface area contributed by atoms with Crippen LogP contribution < -0.4 is 5.73 Å². The van der Waals surface area contributed by atoms with Gasteiger partial charge < -0.3 is 10.3 Å². The van der Waals surface area contributed by atoms with E-state index in [1.54, 1.807) is 12.3 Å². The molecule has 2 N–H and O–H groups in total. The van der Waals surface area contributed by atoms with Gasteiger partial charge in [-0.25, -0.2) is 9.37 Å². The first kappa shape index (κ1) is 13.3. The van der Waals surface area contributed by atoms with Crippen LogP contribution in [0.4, 0.5) is 4.39 Å². The summed E-state index contributed by atoms with van der Waals surface area (Å²) in [7, 11) is 0. The largest absolute Gasteiger partial charge is 0.328 e. The topological polar surface area (TPSA) is 67.6 Å². The first-order valence-electron chi connectivity index (χ1n) is 6.54. The second-order valence-corrected chi connectivity index (χ2v) is 4.78. The van der Waals surface area contributed by atoms with Gasteiger partial charge in [-0.05, 0) is 35.9 Å². The van der Waals surface area contributed by atoms with Crippen LogP contribution in [0.3, 0.4) is 0 Å². The number of benzene rings is 1. The molecule has 0 saturated heterocycles. The highest BCUT2D eigenvalue weighted by atomic mass is 19.1. The number of rotatable bonds is 3. The molecule has 0 aliphatic heterocycles. The number of halogens is 1. The van der Waals surface area contributed by atoms with Crippen LogP contribution >= 0.6 is 0 Å². The normalized spacial score (nSPS) is 10.7. The van der Waals surface area contributed by atoms with Crippen LogP contribution in [0.2, 0.25) is 0 Å². The third-order valence-electron chi connectivity index (χ3n) is 3.45.